The zero-order chi connectivity index (χ0) is 14.4. The minimum absolute atomic E-state index is 0.126. The Morgan fingerprint density at radius 1 is 1.15 bits per heavy atom. The molecule has 1 N–H and O–H groups in total. The molecule has 2 aromatic rings. The van der Waals surface area contributed by atoms with Crippen LogP contribution in [0.4, 0.5) is 4.39 Å². The number of pyridine rings is 1. The Morgan fingerprint density at radius 2 is 1.90 bits per heavy atom. The fourth-order valence-corrected chi connectivity index (χ4v) is 2.40. The number of hydrogen-bond acceptors (Lipinski definition) is 2. The van der Waals surface area contributed by atoms with E-state index in [1.54, 1.807) is 12.3 Å². The molecule has 1 heterocycles. The van der Waals surface area contributed by atoms with E-state index in [4.69, 9.17) is 0 Å². The Kier molecular flexibility index (Phi) is 5.24. The molecule has 0 aliphatic carbocycles. The summed E-state index contributed by atoms with van der Waals surface area (Å²) in [4.78, 5) is 3.82. The summed E-state index contributed by atoms with van der Waals surface area (Å²) in [5, 5.41) is 3.34. The average Bonchev–Trinajstić information content (AvgIpc) is 2.47. The van der Waals surface area contributed by atoms with Crippen LogP contribution in [-0.2, 0) is 6.42 Å². The molecule has 1 atom stereocenters. The standard InChI is InChI=1S/C17H21FN2/c1-3-5-13-6-8-14(9-7-13)17(20-4-2)15-10-11-19-12-16(15)18/h6-12,17,20H,3-5H2,1-2H3. The van der Waals surface area contributed by atoms with Crippen LogP contribution < -0.4 is 5.32 Å². The monoisotopic (exact) mass is 272 g/mol. The van der Waals surface area contributed by atoms with Gasteiger partial charge in [-0.25, -0.2) is 4.39 Å². The van der Waals surface area contributed by atoms with Crippen molar-refractivity contribution in [2.75, 3.05) is 6.54 Å². The van der Waals surface area contributed by atoms with Crippen LogP contribution in [0.15, 0.2) is 42.7 Å². The topological polar surface area (TPSA) is 24.9 Å². The Morgan fingerprint density at radius 3 is 2.50 bits per heavy atom. The molecule has 0 saturated heterocycles. The van der Waals surface area contributed by atoms with Crippen LogP contribution in [0.25, 0.3) is 0 Å². The molecule has 0 saturated carbocycles. The van der Waals surface area contributed by atoms with Crippen molar-refractivity contribution >= 4 is 0 Å². The van der Waals surface area contributed by atoms with Crippen LogP contribution in [0.1, 0.15) is 43.0 Å². The van der Waals surface area contributed by atoms with Crippen molar-refractivity contribution in [3.05, 3.63) is 65.2 Å². The first-order valence-electron chi connectivity index (χ1n) is 7.17. The maximum atomic E-state index is 13.9. The third-order valence-electron chi connectivity index (χ3n) is 3.37. The summed E-state index contributed by atoms with van der Waals surface area (Å²) < 4.78 is 13.9. The summed E-state index contributed by atoms with van der Waals surface area (Å²) in [5.74, 6) is -0.268. The van der Waals surface area contributed by atoms with E-state index in [1.807, 2.05) is 6.92 Å². The quantitative estimate of drug-likeness (QED) is 0.863. The van der Waals surface area contributed by atoms with Crippen LogP contribution >= 0.6 is 0 Å². The van der Waals surface area contributed by atoms with Crippen molar-refractivity contribution < 1.29 is 4.39 Å². The molecule has 3 heteroatoms. The van der Waals surface area contributed by atoms with Gasteiger partial charge in [0.25, 0.3) is 0 Å². The van der Waals surface area contributed by atoms with Crippen LogP contribution in [0, 0.1) is 5.82 Å². The minimum Gasteiger partial charge on any atom is -0.306 e. The Hall–Kier alpha value is -1.74. The zero-order valence-corrected chi connectivity index (χ0v) is 12.1. The molecule has 106 valence electrons. The lowest BCUT2D eigenvalue weighted by atomic mass is 9.97. The fourth-order valence-electron chi connectivity index (χ4n) is 2.40. The van der Waals surface area contributed by atoms with Gasteiger partial charge in [-0.2, -0.15) is 0 Å². The van der Waals surface area contributed by atoms with E-state index in [-0.39, 0.29) is 11.9 Å². The van der Waals surface area contributed by atoms with Gasteiger partial charge in [-0.15, -0.1) is 0 Å². The zero-order valence-electron chi connectivity index (χ0n) is 12.1. The third kappa shape index (κ3) is 3.42. The van der Waals surface area contributed by atoms with Gasteiger partial charge >= 0.3 is 0 Å². The first kappa shape index (κ1) is 14.7. The number of nitrogens with one attached hydrogen (secondary N) is 1. The normalized spacial score (nSPS) is 12.3. The molecule has 0 aliphatic heterocycles. The number of aromatic nitrogens is 1. The molecule has 1 aromatic heterocycles. The maximum Gasteiger partial charge on any atom is 0.146 e. The van der Waals surface area contributed by atoms with Crippen LogP contribution in [0.2, 0.25) is 0 Å². The first-order valence-corrected chi connectivity index (χ1v) is 7.17. The Bertz CT molecular complexity index is 537. The predicted molar refractivity (Wildman–Crippen MR) is 80.2 cm³/mol. The van der Waals surface area contributed by atoms with E-state index in [0.717, 1.165) is 24.9 Å². The fraction of sp³-hybridized carbons (Fsp3) is 0.353. The maximum absolute atomic E-state index is 13.9. The van der Waals surface area contributed by atoms with Crippen molar-refractivity contribution in [2.45, 2.75) is 32.7 Å². The van der Waals surface area contributed by atoms with Gasteiger partial charge in [0.05, 0.1) is 12.2 Å². The highest BCUT2D eigenvalue weighted by Gasteiger charge is 2.16. The summed E-state index contributed by atoms with van der Waals surface area (Å²) in [6, 6.07) is 10.0. The molecule has 0 aliphatic rings. The first-order chi connectivity index (χ1) is 9.76. The molecule has 0 amide bonds. The number of aryl methyl sites for hydroxylation is 1. The summed E-state index contributed by atoms with van der Waals surface area (Å²) >= 11 is 0. The third-order valence-corrected chi connectivity index (χ3v) is 3.37. The molecule has 0 radical (unpaired) electrons. The van der Waals surface area contributed by atoms with Gasteiger partial charge in [0.15, 0.2) is 0 Å². The number of benzene rings is 1. The lowest BCUT2D eigenvalue weighted by Crippen LogP contribution is -2.23. The molecule has 2 nitrogen and oxygen atoms in total. The molecular weight excluding hydrogens is 251 g/mol. The highest BCUT2D eigenvalue weighted by atomic mass is 19.1. The molecule has 20 heavy (non-hydrogen) atoms. The van der Waals surface area contributed by atoms with Gasteiger partial charge in [-0.1, -0.05) is 44.5 Å². The predicted octanol–water partition coefficient (Wildman–Crippen LogP) is 3.87. The molecular formula is C17H21FN2. The van der Waals surface area contributed by atoms with Gasteiger partial charge in [-0.3, -0.25) is 4.98 Å². The van der Waals surface area contributed by atoms with Crippen LogP contribution in [0.5, 0.6) is 0 Å². The highest BCUT2D eigenvalue weighted by Crippen LogP contribution is 2.24. The molecule has 1 aromatic carbocycles. The van der Waals surface area contributed by atoms with E-state index in [0.29, 0.717) is 5.56 Å². The molecule has 1 unspecified atom stereocenters. The Balaban J connectivity index is 2.31. The second kappa shape index (κ2) is 7.15. The lowest BCUT2D eigenvalue weighted by Gasteiger charge is -2.19. The summed E-state index contributed by atoms with van der Waals surface area (Å²) in [7, 11) is 0. The van der Waals surface area contributed by atoms with E-state index < -0.39 is 0 Å². The second-order valence-corrected chi connectivity index (χ2v) is 4.88. The van der Waals surface area contributed by atoms with E-state index in [9.17, 15) is 4.39 Å². The van der Waals surface area contributed by atoms with E-state index in [2.05, 4.69) is 41.5 Å². The van der Waals surface area contributed by atoms with Crippen molar-refractivity contribution in [1.29, 1.82) is 0 Å². The number of rotatable bonds is 6. The minimum atomic E-state index is -0.268. The largest absolute Gasteiger partial charge is 0.306 e. The molecule has 2 rings (SSSR count). The highest BCUT2D eigenvalue weighted by molar-refractivity contribution is 5.33. The second-order valence-electron chi connectivity index (χ2n) is 4.88. The van der Waals surface area contributed by atoms with Gasteiger partial charge < -0.3 is 5.32 Å². The van der Waals surface area contributed by atoms with Gasteiger partial charge in [-0.05, 0) is 30.2 Å². The van der Waals surface area contributed by atoms with Gasteiger partial charge in [0.2, 0.25) is 0 Å². The van der Waals surface area contributed by atoms with Gasteiger partial charge in [0, 0.05) is 11.8 Å². The summed E-state index contributed by atoms with van der Waals surface area (Å²) in [5.41, 5.74) is 3.04. The number of halogens is 1. The summed E-state index contributed by atoms with van der Waals surface area (Å²) in [6.07, 6.45) is 5.12. The smallest absolute Gasteiger partial charge is 0.146 e. The van der Waals surface area contributed by atoms with Crippen LogP contribution in [0.3, 0.4) is 0 Å². The van der Waals surface area contributed by atoms with Crippen molar-refractivity contribution in [1.82, 2.24) is 10.3 Å². The lowest BCUT2D eigenvalue weighted by molar-refractivity contribution is 0.554. The van der Waals surface area contributed by atoms with E-state index in [1.165, 1.54) is 11.8 Å². The van der Waals surface area contributed by atoms with Crippen molar-refractivity contribution in [3.63, 3.8) is 0 Å². The van der Waals surface area contributed by atoms with E-state index >= 15 is 0 Å². The van der Waals surface area contributed by atoms with Crippen LogP contribution in [-0.4, -0.2) is 11.5 Å². The molecule has 0 fully saturated rings. The number of nitrogens with zero attached hydrogens (tertiary/aromatic N) is 1. The van der Waals surface area contributed by atoms with Gasteiger partial charge in [0.1, 0.15) is 5.82 Å². The SMILES string of the molecule is CCCc1ccc(C(NCC)c2ccncc2F)cc1. The molecule has 0 spiro atoms. The van der Waals surface area contributed by atoms with Crippen molar-refractivity contribution in [2.24, 2.45) is 0 Å². The van der Waals surface area contributed by atoms with Crippen molar-refractivity contribution in [3.8, 4) is 0 Å². The Labute approximate surface area is 120 Å². The average molecular weight is 272 g/mol. The summed E-state index contributed by atoms with van der Waals surface area (Å²) in [6.45, 7) is 4.97. The molecule has 0 bridgehead atoms. The number of hydrogen-bond donors (Lipinski definition) is 1.